The maximum atomic E-state index is 12.7. The Morgan fingerprint density at radius 2 is 2.05 bits per heavy atom. The topological polar surface area (TPSA) is 78.9 Å². The summed E-state index contributed by atoms with van der Waals surface area (Å²) in [6.45, 7) is 2.99. The summed E-state index contributed by atoms with van der Waals surface area (Å²) in [6.07, 6.45) is 0.879. The van der Waals surface area contributed by atoms with Crippen LogP contribution in [0, 0.1) is 6.92 Å². The Bertz CT molecular complexity index is 551. The molecule has 0 atom stereocenters. The Labute approximate surface area is 130 Å². The van der Waals surface area contributed by atoms with Crippen molar-refractivity contribution in [2.45, 2.75) is 25.9 Å². The zero-order valence-electron chi connectivity index (χ0n) is 13.0. The van der Waals surface area contributed by atoms with Gasteiger partial charge in [0, 0.05) is 13.1 Å². The number of carbonyl (C=O) groups excluding carboxylic acids is 2. The van der Waals surface area contributed by atoms with E-state index in [4.69, 9.17) is 0 Å². The lowest BCUT2D eigenvalue weighted by molar-refractivity contribution is -0.138. The van der Waals surface area contributed by atoms with Crippen molar-refractivity contribution in [1.82, 2.24) is 4.90 Å². The van der Waals surface area contributed by atoms with E-state index in [0.717, 1.165) is 5.56 Å². The number of hydrogen-bond acceptors (Lipinski definition) is 5. The van der Waals surface area contributed by atoms with E-state index in [1.54, 1.807) is 11.0 Å². The first-order valence-electron chi connectivity index (χ1n) is 7.40. The van der Waals surface area contributed by atoms with Crippen LogP contribution in [-0.4, -0.2) is 54.7 Å². The van der Waals surface area contributed by atoms with E-state index in [-0.39, 0.29) is 24.5 Å². The van der Waals surface area contributed by atoms with Crippen molar-refractivity contribution in [1.29, 1.82) is 0 Å². The number of nitrogens with zero attached hydrogens (tertiary/aromatic N) is 1. The number of likely N-dealkylation sites (tertiary alicyclic amines) is 1. The third-order valence-electron chi connectivity index (χ3n) is 3.89. The molecule has 22 heavy (non-hydrogen) atoms. The summed E-state index contributed by atoms with van der Waals surface area (Å²) in [5, 5.41) is 12.5. The van der Waals surface area contributed by atoms with Crippen LogP contribution in [0.15, 0.2) is 18.2 Å². The first kappa shape index (κ1) is 16.3. The molecule has 6 heteroatoms. The Morgan fingerprint density at radius 1 is 1.36 bits per heavy atom. The number of ether oxygens (including phenoxy) is 1. The summed E-state index contributed by atoms with van der Waals surface area (Å²) in [5.74, 6) is -0.467. The van der Waals surface area contributed by atoms with Gasteiger partial charge in [0.15, 0.2) is 0 Å². The first-order valence-corrected chi connectivity index (χ1v) is 7.40. The highest BCUT2D eigenvalue weighted by Crippen LogP contribution is 2.23. The first-order chi connectivity index (χ1) is 10.5. The number of amides is 1. The molecular weight excluding hydrogens is 284 g/mol. The van der Waals surface area contributed by atoms with Gasteiger partial charge >= 0.3 is 5.97 Å². The number of piperidine rings is 1. The number of nitrogens with one attached hydrogen (secondary N) is 1. The molecule has 0 spiro atoms. The molecule has 1 aromatic carbocycles. The summed E-state index contributed by atoms with van der Waals surface area (Å²) in [5.41, 5.74) is 2.09. The van der Waals surface area contributed by atoms with Gasteiger partial charge in [-0.2, -0.15) is 0 Å². The number of aryl methyl sites for hydroxylation is 1. The second kappa shape index (κ2) is 7.26. The molecule has 1 amide bonds. The van der Waals surface area contributed by atoms with E-state index in [0.29, 0.717) is 37.2 Å². The van der Waals surface area contributed by atoms with Crippen LogP contribution in [0.1, 0.15) is 28.8 Å². The van der Waals surface area contributed by atoms with Gasteiger partial charge in [-0.25, -0.2) is 0 Å². The zero-order valence-corrected chi connectivity index (χ0v) is 13.0. The average Bonchev–Trinajstić information content (AvgIpc) is 2.53. The number of para-hydroxylation sites is 1. The Kier molecular flexibility index (Phi) is 5.38. The van der Waals surface area contributed by atoms with Gasteiger partial charge in [-0.15, -0.1) is 0 Å². The van der Waals surface area contributed by atoms with Crippen molar-refractivity contribution in [2.24, 2.45) is 0 Å². The van der Waals surface area contributed by atoms with Crippen molar-refractivity contribution >= 4 is 17.6 Å². The number of anilines is 1. The molecule has 0 saturated carbocycles. The zero-order chi connectivity index (χ0) is 16.1. The monoisotopic (exact) mass is 306 g/mol. The Balaban J connectivity index is 2.17. The van der Waals surface area contributed by atoms with Crippen LogP contribution in [0.2, 0.25) is 0 Å². The van der Waals surface area contributed by atoms with E-state index in [9.17, 15) is 14.7 Å². The smallest absolute Gasteiger partial charge is 0.325 e. The highest BCUT2D eigenvalue weighted by molar-refractivity contribution is 6.00. The average molecular weight is 306 g/mol. The molecule has 1 heterocycles. The Morgan fingerprint density at radius 3 is 2.68 bits per heavy atom. The quantitative estimate of drug-likeness (QED) is 0.817. The second-order valence-corrected chi connectivity index (χ2v) is 5.45. The fourth-order valence-electron chi connectivity index (χ4n) is 2.55. The predicted octanol–water partition coefficient (Wildman–Crippen LogP) is 1.18. The standard InChI is InChI=1S/C16H22N2O4/c1-11-4-3-5-13(15(11)17-10-14(20)22-2)16(21)18-8-6-12(19)7-9-18/h3-5,12,17,19H,6-10H2,1-2H3. The summed E-state index contributed by atoms with van der Waals surface area (Å²) in [7, 11) is 1.33. The fourth-order valence-corrected chi connectivity index (χ4v) is 2.55. The molecule has 2 rings (SSSR count). The van der Waals surface area contributed by atoms with Crippen LogP contribution < -0.4 is 5.32 Å². The molecule has 0 radical (unpaired) electrons. The molecule has 6 nitrogen and oxygen atoms in total. The minimum Gasteiger partial charge on any atom is -0.468 e. The van der Waals surface area contributed by atoms with Gasteiger partial charge in [0.1, 0.15) is 6.54 Å². The van der Waals surface area contributed by atoms with E-state index in [1.165, 1.54) is 7.11 Å². The second-order valence-electron chi connectivity index (χ2n) is 5.45. The number of aliphatic hydroxyl groups excluding tert-OH is 1. The summed E-state index contributed by atoms with van der Waals surface area (Å²) < 4.78 is 4.62. The maximum Gasteiger partial charge on any atom is 0.325 e. The summed E-state index contributed by atoms with van der Waals surface area (Å²) in [4.78, 5) is 25.7. The van der Waals surface area contributed by atoms with E-state index in [2.05, 4.69) is 10.1 Å². The number of carbonyl (C=O) groups is 2. The van der Waals surface area contributed by atoms with Gasteiger partial charge in [-0.3, -0.25) is 9.59 Å². The lowest BCUT2D eigenvalue weighted by Crippen LogP contribution is -2.40. The summed E-state index contributed by atoms with van der Waals surface area (Å²) in [6, 6.07) is 5.46. The maximum absolute atomic E-state index is 12.7. The highest BCUT2D eigenvalue weighted by atomic mass is 16.5. The molecule has 0 aromatic heterocycles. The number of methoxy groups -OCH3 is 1. The molecule has 1 fully saturated rings. The normalized spacial score (nSPS) is 15.5. The van der Waals surface area contributed by atoms with Crippen molar-refractivity contribution in [2.75, 3.05) is 32.1 Å². The number of benzene rings is 1. The highest BCUT2D eigenvalue weighted by Gasteiger charge is 2.24. The number of aliphatic hydroxyl groups is 1. The van der Waals surface area contributed by atoms with Gasteiger partial charge in [0.2, 0.25) is 0 Å². The third-order valence-corrected chi connectivity index (χ3v) is 3.89. The van der Waals surface area contributed by atoms with Gasteiger partial charge in [0.05, 0.1) is 24.5 Å². The fraction of sp³-hybridized carbons (Fsp3) is 0.500. The molecule has 0 bridgehead atoms. The lowest BCUT2D eigenvalue weighted by Gasteiger charge is -2.30. The summed E-state index contributed by atoms with van der Waals surface area (Å²) >= 11 is 0. The number of esters is 1. The van der Waals surface area contributed by atoms with Gasteiger partial charge in [0.25, 0.3) is 5.91 Å². The molecule has 2 N–H and O–H groups in total. The molecule has 1 aliphatic rings. The largest absolute Gasteiger partial charge is 0.468 e. The van der Waals surface area contributed by atoms with Crippen molar-refractivity contribution in [3.8, 4) is 0 Å². The van der Waals surface area contributed by atoms with Gasteiger partial charge < -0.3 is 20.1 Å². The molecule has 0 unspecified atom stereocenters. The molecule has 1 aromatic rings. The van der Waals surface area contributed by atoms with Crippen LogP contribution in [-0.2, 0) is 9.53 Å². The lowest BCUT2D eigenvalue weighted by atomic mass is 10.0. The van der Waals surface area contributed by atoms with E-state index < -0.39 is 0 Å². The molecule has 1 aliphatic heterocycles. The van der Waals surface area contributed by atoms with Crippen LogP contribution in [0.4, 0.5) is 5.69 Å². The minimum absolute atomic E-state index is 0.0142. The van der Waals surface area contributed by atoms with Crippen molar-refractivity contribution in [3.63, 3.8) is 0 Å². The number of hydrogen-bond donors (Lipinski definition) is 2. The van der Waals surface area contributed by atoms with Crippen LogP contribution in [0.3, 0.4) is 0 Å². The van der Waals surface area contributed by atoms with Crippen LogP contribution >= 0.6 is 0 Å². The van der Waals surface area contributed by atoms with E-state index >= 15 is 0 Å². The third kappa shape index (κ3) is 3.76. The van der Waals surface area contributed by atoms with Gasteiger partial charge in [-0.1, -0.05) is 12.1 Å². The van der Waals surface area contributed by atoms with Crippen LogP contribution in [0.5, 0.6) is 0 Å². The molecule has 1 saturated heterocycles. The molecule has 120 valence electrons. The van der Waals surface area contributed by atoms with Crippen molar-refractivity contribution < 1.29 is 19.4 Å². The van der Waals surface area contributed by atoms with E-state index in [1.807, 2.05) is 19.1 Å². The number of rotatable bonds is 4. The SMILES string of the molecule is COC(=O)CNc1c(C)cccc1C(=O)N1CCC(O)CC1. The predicted molar refractivity (Wildman–Crippen MR) is 82.8 cm³/mol. The van der Waals surface area contributed by atoms with Gasteiger partial charge in [-0.05, 0) is 31.4 Å². The van der Waals surface area contributed by atoms with Crippen molar-refractivity contribution in [3.05, 3.63) is 29.3 Å². The Hall–Kier alpha value is -2.08. The molecule has 0 aliphatic carbocycles. The molecular formula is C16H22N2O4. The minimum atomic E-state index is -0.386. The van der Waals surface area contributed by atoms with Crippen LogP contribution in [0.25, 0.3) is 0 Å².